The van der Waals surface area contributed by atoms with E-state index in [9.17, 15) is 13.2 Å². The third-order valence-corrected chi connectivity index (χ3v) is 4.12. The molecule has 0 aliphatic carbocycles. The van der Waals surface area contributed by atoms with Crippen LogP contribution in [0.3, 0.4) is 0 Å². The van der Waals surface area contributed by atoms with Gasteiger partial charge in [-0.05, 0) is 18.2 Å². The van der Waals surface area contributed by atoms with Gasteiger partial charge in [-0.15, -0.1) is 16.4 Å². The number of carbonyl (C=O) groups excluding carboxylic acids is 1. The van der Waals surface area contributed by atoms with Crippen LogP contribution in [-0.4, -0.2) is 40.6 Å². The van der Waals surface area contributed by atoms with Crippen LogP contribution in [0, 0.1) is 0 Å². The van der Waals surface area contributed by atoms with Crippen molar-refractivity contribution in [3.63, 3.8) is 0 Å². The summed E-state index contributed by atoms with van der Waals surface area (Å²) in [6, 6.07) is 5.44. The van der Waals surface area contributed by atoms with Crippen LogP contribution >= 0.6 is 11.3 Å². The Balaban J connectivity index is 1.65. The Labute approximate surface area is 135 Å². The van der Waals surface area contributed by atoms with Crippen LogP contribution in [0.2, 0.25) is 0 Å². The van der Waals surface area contributed by atoms with Gasteiger partial charge in [0, 0.05) is 5.69 Å². The fourth-order valence-electron chi connectivity index (χ4n) is 1.87. The van der Waals surface area contributed by atoms with E-state index in [4.69, 9.17) is 0 Å². The normalized spacial score (nSPS) is 11.5. The van der Waals surface area contributed by atoms with E-state index < -0.39 is 10.0 Å². The average molecular weight is 352 g/mol. The molecule has 0 aliphatic rings. The highest BCUT2D eigenvalue weighted by atomic mass is 32.2. The molecule has 2 heterocycles. The van der Waals surface area contributed by atoms with Gasteiger partial charge in [-0.2, -0.15) is 9.90 Å². The average Bonchev–Trinajstić information content (AvgIpc) is 3.05. The molecule has 0 aliphatic heterocycles. The number of hydrogen-bond acceptors (Lipinski definition) is 7. The first kappa shape index (κ1) is 15.4. The molecular weight excluding hydrogens is 340 g/mol. The second kappa shape index (κ2) is 5.93. The lowest BCUT2D eigenvalue weighted by molar-refractivity contribution is -0.117. The molecule has 0 bridgehead atoms. The Morgan fingerprint density at radius 3 is 3.00 bits per heavy atom. The summed E-state index contributed by atoms with van der Waals surface area (Å²) in [6.07, 6.45) is 2.24. The lowest BCUT2D eigenvalue weighted by Crippen LogP contribution is -2.20. The maximum Gasteiger partial charge on any atom is 0.247 e. The van der Waals surface area contributed by atoms with Crippen molar-refractivity contribution in [1.82, 2.24) is 20.0 Å². The number of aromatic nitrogens is 4. The maximum absolute atomic E-state index is 12.0. The van der Waals surface area contributed by atoms with E-state index in [0.717, 1.165) is 21.3 Å². The van der Waals surface area contributed by atoms with Crippen molar-refractivity contribution in [2.24, 2.45) is 0 Å². The number of nitrogens with zero attached hydrogens (tertiary/aromatic N) is 4. The topological polar surface area (TPSA) is 119 Å². The van der Waals surface area contributed by atoms with Gasteiger partial charge in [0.1, 0.15) is 6.54 Å². The van der Waals surface area contributed by atoms with Crippen molar-refractivity contribution in [1.29, 1.82) is 0 Å². The van der Waals surface area contributed by atoms with Crippen LogP contribution in [0.5, 0.6) is 0 Å². The number of hydrogen-bond donors (Lipinski definition) is 2. The van der Waals surface area contributed by atoms with Gasteiger partial charge in [-0.1, -0.05) is 0 Å². The van der Waals surface area contributed by atoms with Crippen LogP contribution in [0.15, 0.2) is 29.9 Å². The second-order valence-corrected chi connectivity index (χ2v) is 7.35. The van der Waals surface area contributed by atoms with Crippen LogP contribution in [-0.2, 0) is 21.4 Å². The summed E-state index contributed by atoms with van der Waals surface area (Å²) in [5, 5.41) is 10.4. The number of fused-ring (bicyclic) bond motifs is 1. The van der Waals surface area contributed by atoms with E-state index >= 15 is 0 Å². The summed E-state index contributed by atoms with van der Waals surface area (Å²) in [7, 11) is -3.43. The van der Waals surface area contributed by atoms with Gasteiger partial charge in [0.25, 0.3) is 0 Å². The Morgan fingerprint density at radius 1 is 1.39 bits per heavy atom. The molecule has 2 N–H and O–H groups in total. The number of benzene rings is 1. The number of rotatable bonds is 5. The molecule has 1 aromatic carbocycles. The van der Waals surface area contributed by atoms with Gasteiger partial charge in [0.05, 0.1) is 28.2 Å². The summed E-state index contributed by atoms with van der Waals surface area (Å²) >= 11 is 1.52. The fourth-order valence-corrected chi connectivity index (χ4v) is 3.01. The lowest BCUT2D eigenvalue weighted by Gasteiger charge is -2.04. The number of thiazole rings is 1. The molecule has 3 aromatic rings. The Hall–Kier alpha value is -2.53. The zero-order valence-corrected chi connectivity index (χ0v) is 13.6. The number of amides is 1. The molecule has 9 nitrogen and oxygen atoms in total. The molecule has 0 radical (unpaired) electrons. The first-order valence-corrected chi connectivity index (χ1v) is 9.17. The zero-order valence-electron chi connectivity index (χ0n) is 11.9. The third-order valence-electron chi connectivity index (χ3n) is 2.73. The maximum atomic E-state index is 12.0. The van der Waals surface area contributed by atoms with E-state index in [0.29, 0.717) is 5.69 Å². The molecule has 0 spiro atoms. The number of nitrogens with one attached hydrogen (secondary N) is 2. The molecule has 23 heavy (non-hydrogen) atoms. The second-order valence-electron chi connectivity index (χ2n) is 4.72. The van der Waals surface area contributed by atoms with Crippen LogP contribution in [0.1, 0.15) is 0 Å². The minimum atomic E-state index is -3.43. The molecule has 1 amide bonds. The summed E-state index contributed by atoms with van der Waals surface area (Å²) in [4.78, 5) is 17.3. The van der Waals surface area contributed by atoms with Gasteiger partial charge in [0.15, 0.2) is 5.82 Å². The predicted octanol–water partition coefficient (Wildman–Crippen LogP) is 0.898. The van der Waals surface area contributed by atoms with Gasteiger partial charge in [-0.3, -0.25) is 9.52 Å². The van der Waals surface area contributed by atoms with Crippen LogP contribution < -0.4 is 10.0 Å². The molecule has 2 aromatic heterocycles. The summed E-state index contributed by atoms with van der Waals surface area (Å²) < 4.78 is 25.4. The van der Waals surface area contributed by atoms with Crippen molar-refractivity contribution in [2.75, 3.05) is 16.3 Å². The molecule has 3 rings (SSSR count). The van der Waals surface area contributed by atoms with Gasteiger partial charge < -0.3 is 5.32 Å². The first-order valence-electron chi connectivity index (χ1n) is 6.40. The smallest absolute Gasteiger partial charge is 0.247 e. The monoisotopic (exact) mass is 352 g/mol. The van der Waals surface area contributed by atoms with Crippen LogP contribution in [0.25, 0.3) is 10.2 Å². The Kier molecular flexibility index (Phi) is 3.96. The molecule has 0 saturated heterocycles. The molecule has 0 unspecified atom stereocenters. The summed E-state index contributed by atoms with van der Waals surface area (Å²) in [5.41, 5.74) is 3.17. The molecule has 0 fully saturated rings. The quantitative estimate of drug-likeness (QED) is 0.704. The van der Waals surface area contributed by atoms with Crippen molar-refractivity contribution in [3.05, 3.63) is 29.9 Å². The molecule has 11 heteroatoms. The number of anilines is 2. The number of carbonyl (C=O) groups is 1. The minimum Gasteiger partial charge on any atom is -0.324 e. The minimum absolute atomic E-state index is 0.0594. The van der Waals surface area contributed by atoms with Crippen molar-refractivity contribution >= 4 is 49.0 Å². The largest absolute Gasteiger partial charge is 0.324 e. The van der Waals surface area contributed by atoms with E-state index in [1.165, 1.54) is 17.5 Å². The highest BCUT2D eigenvalue weighted by Gasteiger charge is 2.10. The highest BCUT2D eigenvalue weighted by Crippen LogP contribution is 2.21. The summed E-state index contributed by atoms with van der Waals surface area (Å²) in [6.45, 7) is -0.138. The van der Waals surface area contributed by atoms with Crippen LogP contribution in [0.4, 0.5) is 11.5 Å². The van der Waals surface area contributed by atoms with E-state index in [1.54, 1.807) is 17.6 Å². The number of sulfonamides is 1. The van der Waals surface area contributed by atoms with Gasteiger partial charge >= 0.3 is 0 Å². The van der Waals surface area contributed by atoms with Crippen molar-refractivity contribution in [3.8, 4) is 0 Å². The van der Waals surface area contributed by atoms with E-state index in [1.807, 2.05) is 6.07 Å². The van der Waals surface area contributed by atoms with Gasteiger partial charge in [0.2, 0.25) is 15.9 Å². The van der Waals surface area contributed by atoms with Crippen molar-refractivity contribution in [2.45, 2.75) is 6.54 Å². The Bertz CT molecular complexity index is 962. The third kappa shape index (κ3) is 4.02. The molecule has 120 valence electrons. The molecular formula is C12H12N6O3S2. The SMILES string of the molecule is CS(=O)(=O)Nc1cnn(CC(=O)Nc2ccc3scnc3c2)n1. The molecule has 0 atom stereocenters. The van der Waals surface area contributed by atoms with E-state index in [2.05, 4.69) is 25.2 Å². The first-order chi connectivity index (χ1) is 10.9. The van der Waals surface area contributed by atoms with Crippen molar-refractivity contribution < 1.29 is 13.2 Å². The Morgan fingerprint density at radius 2 is 2.22 bits per heavy atom. The lowest BCUT2D eigenvalue weighted by atomic mass is 10.3. The fraction of sp³-hybridized carbons (Fsp3) is 0.167. The molecule has 0 saturated carbocycles. The predicted molar refractivity (Wildman–Crippen MR) is 86.7 cm³/mol. The standard InChI is InChI=1S/C12H12N6O3S2/c1-23(20,21)17-11-5-14-18(16-11)6-12(19)15-8-2-3-10-9(4-8)13-7-22-10/h2-5,7H,6H2,1H3,(H,15,19)(H,16,17). The summed E-state index contributed by atoms with van der Waals surface area (Å²) in [5.74, 6) is -0.273. The highest BCUT2D eigenvalue weighted by molar-refractivity contribution is 7.92. The van der Waals surface area contributed by atoms with Gasteiger partial charge in [-0.25, -0.2) is 13.4 Å². The van der Waals surface area contributed by atoms with E-state index in [-0.39, 0.29) is 18.3 Å². The zero-order chi connectivity index (χ0) is 16.4.